The second-order valence-electron chi connectivity index (χ2n) is 6.60. The molecule has 1 saturated heterocycles. The molecule has 1 aliphatic heterocycles. The van der Waals surface area contributed by atoms with Gasteiger partial charge in [-0.15, -0.1) is 0 Å². The Bertz CT molecular complexity index is 880. The van der Waals surface area contributed by atoms with Crippen molar-refractivity contribution < 1.29 is 29.6 Å². The monoisotopic (exact) mass is 382 g/mol. The van der Waals surface area contributed by atoms with Gasteiger partial charge in [-0.05, 0) is 35.9 Å². The maximum Gasteiger partial charge on any atom is 0.337 e. The highest BCUT2D eigenvalue weighted by molar-refractivity contribution is 5.89. The van der Waals surface area contributed by atoms with E-state index >= 15 is 0 Å². The van der Waals surface area contributed by atoms with Crippen LogP contribution in [0.2, 0.25) is 0 Å². The highest BCUT2D eigenvalue weighted by Gasteiger charge is 2.37. The number of hydrogen-bond acceptors (Lipinski definition) is 6. The Labute approximate surface area is 163 Å². The number of ether oxygens (including phenoxy) is 2. The largest absolute Gasteiger partial charge is 0.465 e. The summed E-state index contributed by atoms with van der Waals surface area (Å²) in [7, 11) is 1.33. The van der Waals surface area contributed by atoms with Crippen molar-refractivity contribution in [1.29, 1.82) is 0 Å². The van der Waals surface area contributed by atoms with E-state index in [1.54, 1.807) is 48.5 Å². The van der Waals surface area contributed by atoms with Crippen LogP contribution in [0.3, 0.4) is 0 Å². The lowest BCUT2D eigenvalue weighted by Gasteiger charge is -2.36. The highest BCUT2D eigenvalue weighted by atomic mass is 16.5. The molecule has 146 valence electrons. The van der Waals surface area contributed by atoms with Crippen LogP contribution < -0.4 is 0 Å². The number of aliphatic hydroxyl groups is 3. The van der Waals surface area contributed by atoms with Gasteiger partial charge in [0, 0.05) is 17.5 Å². The molecule has 6 nitrogen and oxygen atoms in total. The van der Waals surface area contributed by atoms with Crippen LogP contribution in [0.4, 0.5) is 0 Å². The zero-order valence-corrected chi connectivity index (χ0v) is 15.4. The van der Waals surface area contributed by atoms with Gasteiger partial charge in [0.25, 0.3) is 0 Å². The molecule has 0 aliphatic carbocycles. The van der Waals surface area contributed by atoms with Crippen LogP contribution in [0.25, 0.3) is 0 Å². The lowest BCUT2D eigenvalue weighted by molar-refractivity contribution is -0.179. The molecular formula is C22H22O6. The molecule has 1 aliphatic rings. The number of aliphatic hydroxyl groups excluding tert-OH is 3. The maximum absolute atomic E-state index is 11.6. The molecule has 1 heterocycles. The van der Waals surface area contributed by atoms with Gasteiger partial charge in [-0.3, -0.25) is 0 Å². The molecule has 4 atom stereocenters. The van der Waals surface area contributed by atoms with E-state index in [0.29, 0.717) is 16.7 Å². The zero-order chi connectivity index (χ0) is 20.1. The quantitative estimate of drug-likeness (QED) is 0.549. The predicted molar refractivity (Wildman–Crippen MR) is 102 cm³/mol. The minimum absolute atomic E-state index is 0.197. The number of rotatable bonds is 3. The first-order valence-corrected chi connectivity index (χ1v) is 8.94. The van der Waals surface area contributed by atoms with E-state index in [9.17, 15) is 20.1 Å². The molecule has 6 heteroatoms. The third kappa shape index (κ3) is 4.58. The van der Waals surface area contributed by atoms with E-state index in [-0.39, 0.29) is 13.0 Å². The van der Waals surface area contributed by atoms with Crippen LogP contribution in [0, 0.1) is 11.8 Å². The molecule has 0 aromatic heterocycles. The number of hydrogen-bond donors (Lipinski definition) is 3. The molecule has 1 fully saturated rings. The van der Waals surface area contributed by atoms with Crippen molar-refractivity contribution in [3.63, 3.8) is 0 Å². The van der Waals surface area contributed by atoms with Gasteiger partial charge in [0.2, 0.25) is 0 Å². The predicted octanol–water partition coefficient (Wildman–Crippen LogP) is 1.42. The van der Waals surface area contributed by atoms with E-state index in [1.165, 1.54) is 7.11 Å². The van der Waals surface area contributed by atoms with E-state index in [4.69, 9.17) is 9.47 Å². The maximum atomic E-state index is 11.6. The summed E-state index contributed by atoms with van der Waals surface area (Å²) in [6.45, 7) is -0.214. The number of methoxy groups -OCH3 is 1. The fraction of sp³-hybridized carbons (Fsp3) is 0.318. The van der Waals surface area contributed by atoms with Crippen molar-refractivity contribution in [3.8, 4) is 11.8 Å². The molecule has 28 heavy (non-hydrogen) atoms. The van der Waals surface area contributed by atoms with Crippen molar-refractivity contribution in [2.24, 2.45) is 0 Å². The SMILES string of the molecule is COC(=O)c1cccc(C#Cc2ccc(C3OC(CO)CC(O)C3O)cc2)c1. The van der Waals surface area contributed by atoms with E-state index < -0.39 is 30.4 Å². The normalized spacial score (nSPS) is 24.1. The number of benzene rings is 2. The van der Waals surface area contributed by atoms with Crippen molar-refractivity contribution >= 4 is 5.97 Å². The molecule has 0 spiro atoms. The highest BCUT2D eigenvalue weighted by Crippen LogP contribution is 2.32. The Balaban J connectivity index is 1.75. The van der Waals surface area contributed by atoms with Gasteiger partial charge >= 0.3 is 5.97 Å². The molecule has 2 aromatic carbocycles. The number of esters is 1. The van der Waals surface area contributed by atoms with Gasteiger partial charge < -0.3 is 24.8 Å². The molecule has 3 rings (SSSR count). The van der Waals surface area contributed by atoms with Crippen molar-refractivity contribution in [1.82, 2.24) is 0 Å². The van der Waals surface area contributed by atoms with Gasteiger partial charge in [0.15, 0.2) is 0 Å². The second kappa shape index (κ2) is 9.00. The lowest BCUT2D eigenvalue weighted by atomic mass is 9.93. The summed E-state index contributed by atoms with van der Waals surface area (Å²) in [4.78, 5) is 11.6. The summed E-state index contributed by atoms with van der Waals surface area (Å²) >= 11 is 0. The van der Waals surface area contributed by atoms with Crippen LogP contribution in [-0.2, 0) is 9.47 Å². The van der Waals surface area contributed by atoms with Crippen LogP contribution in [-0.4, -0.2) is 53.3 Å². The Morgan fingerprint density at radius 1 is 1.14 bits per heavy atom. The second-order valence-corrected chi connectivity index (χ2v) is 6.60. The van der Waals surface area contributed by atoms with Crippen molar-refractivity contribution in [2.45, 2.75) is 30.8 Å². The summed E-state index contributed by atoms with van der Waals surface area (Å²) < 4.78 is 10.4. The van der Waals surface area contributed by atoms with Gasteiger partial charge in [-0.2, -0.15) is 0 Å². The summed E-state index contributed by atoms with van der Waals surface area (Å²) in [5.74, 6) is 5.61. The fourth-order valence-corrected chi connectivity index (χ4v) is 3.09. The average molecular weight is 382 g/mol. The summed E-state index contributed by atoms with van der Waals surface area (Å²) in [5, 5.41) is 29.4. The van der Waals surface area contributed by atoms with E-state index in [0.717, 1.165) is 5.56 Å². The van der Waals surface area contributed by atoms with Gasteiger partial charge in [0.1, 0.15) is 12.2 Å². The molecule has 3 N–H and O–H groups in total. The molecule has 2 aromatic rings. The Kier molecular flexibility index (Phi) is 6.45. The van der Waals surface area contributed by atoms with Gasteiger partial charge in [-0.1, -0.05) is 30.0 Å². The first-order chi connectivity index (χ1) is 13.5. The van der Waals surface area contributed by atoms with Crippen LogP contribution in [0.5, 0.6) is 0 Å². The minimum atomic E-state index is -1.05. The van der Waals surface area contributed by atoms with E-state index in [2.05, 4.69) is 11.8 Å². The van der Waals surface area contributed by atoms with E-state index in [1.807, 2.05) is 0 Å². The van der Waals surface area contributed by atoms with Gasteiger partial charge in [0.05, 0.1) is 31.5 Å². The first-order valence-electron chi connectivity index (χ1n) is 8.94. The third-order valence-corrected chi connectivity index (χ3v) is 4.63. The summed E-state index contributed by atoms with van der Waals surface area (Å²) in [6.07, 6.45) is -3.02. The standard InChI is InChI=1S/C22H22O6/c1-27-22(26)17-4-2-3-15(11-17)6-5-14-7-9-16(10-8-14)21-20(25)19(24)12-18(13-23)28-21/h2-4,7-11,18-21,23-25H,12-13H2,1H3. The van der Waals surface area contributed by atoms with Gasteiger partial charge in [-0.25, -0.2) is 4.79 Å². The first kappa shape index (κ1) is 20.1. The molecule has 0 bridgehead atoms. The summed E-state index contributed by atoms with van der Waals surface area (Å²) in [5.41, 5.74) is 2.57. The summed E-state index contributed by atoms with van der Waals surface area (Å²) in [6, 6.07) is 14.0. The van der Waals surface area contributed by atoms with Crippen LogP contribution >= 0.6 is 0 Å². The number of carbonyl (C=O) groups excluding carboxylic acids is 1. The fourth-order valence-electron chi connectivity index (χ4n) is 3.09. The number of carbonyl (C=O) groups is 1. The van der Waals surface area contributed by atoms with Crippen LogP contribution in [0.1, 0.15) is 39.6 Å². The Morgan fingerprint density at radius 3 is 2.54 bits per heavy atom. The average Bonchev–Trinajstić information content (AvgIpc) is 2.74. The Morgan fingerprint density at radius 2 is 1.86 bits per heavy atom. The molecule has 0 radical (unpaired) electrons. The molecule has 0 amide bonds. The smallest absolute Gasteiger partial charge is 0.337 e. The third-order valence-electron chi connectivity index (χ3n) is 4.63. The lowest BCUT2D eigenvalue weighted by Crippen LogP contribution is -2.44. The van der Waals surface area contributed by atoms with Crippen LogP contribution in [0.15, 0.2) is 48.5 Å². The molecule has 0 saturated carbocycles. The molecule has 4 unspecified atom stereocenters. The molecular weight excluding hydrogens is 360 g/mol. The topological polar surface area (TPSA) is 96.2 Å². The minimum Gasteiger partial charge on any atom is -0.465 e. The zero-order valence-electron chi connectivity index (χ0n) is 15.4. The van der Waals surface area contributed by atoms with Crippen molar-refractivity contribution in [2.75, 3.05) is 13.7 Å². The Hall–Kier alpha value is -2.69. The van der Waals surface area contributed by atoms with Crippen molar-refractivity contribution in [3.05, 3.63) is 70.8 Å².